The van der Waals surface area contributed by atoms with E-state index in [-0.39, 0.29) is 36.5 Å². The number of ether oxygens (including phenoxy) is 2. The fraction of sp³-hybridized carbons (Fsp3) is 0.600. The minimum Gasteiger partial charge on any atom is -0.484 e. The number of carbonyl (C=O) groups excluding carboxylic acids is 1. The maximum atomic E-state index is 11.6. The number of benzene rings is 1. The Balaban J connectivity index is 0.00000392. The van der Waals surface area contributed by atoms with E-state index in [0.29, 0.717) is 31.5 Å². The van der Waals surface area contributed by atoms with Gasteiger partial charge in [0, 0.05) is 25.7 Å². The van der Waals surface area contributed by atoms with Crippen LogP contribution in [-0.4, -0.2) is 57.4 Å². The summed E-state index contributed by atoms with van der Waals surface area (Å²) in [5.74, 6) is 1.47. The van der Waals surface area contributed by atoms with Gasteiger partial charge in [-0.05, 0) is 50.8 Å². The van der Waals surface area contributed by atoms with Gasteiger partial charge in [-0.1, -0.05) is 12.1 Å². The van der Waals surface area contributed by atoms with Crippen molar-refractivity contribution in [3.05, 3.63) is 29.8 Å². The number of guanidine groups is 1. The molecule has 1 aromatic carbocycles. The zero-order valence-electron chi connectivity index (χ0n) is 16.8. The van der Waals surface area contributed by atoms with Crippen LogP contribution in [0, 0.1) is 0 Å². The molecule has 158 valence electrons. The molecule has 1 fully saturated rings. The topological polar surface area (TPSA) is 84.0 Å². The fourth-order valence-corrected chi connectivity index (χ4v) is 2.43. The Labute approximate surface area is 185 Å². The highest BCUT2D eigenvalue weighted by atomic mass is 127. The molecule has 0 atom stereocenters. The number of carbonyl (C=O) groups is 1. The first kappa shape index (κ1) is 24.5. The van der Waals surface area contributed by atoms with E-state index in [0.717, 1.165) is 38.3 Å². The van der Waals surface area contributed by atoms with Gasteiger partial charge in [-0.15, -0.1) is 24.0 Å². The number of rotatable bonds is 12. The molecule has 8 heteroatoms. The van der Waals surface area contributed by atoms with Crippen LogP contribution in [0.15, 0.2) is 29.3 Å². The van der Waals surface area contributed by atoms with Crippen LogP contribution in [0.1, 0.15) is 32.3 Å². The van der Waals surface area contributed by atoms with Crippen LogP contribution in [0.5, 0.6) is 5.75 Å². The molecule has 3 N–H and O–H groups in total. The highest BCUT2D eigenvalue weighted by molar-refractivity contribution is 14.0. The standard InChI is InChI=1S/C20H32N4O3.HI/c1-3-21-20(23-13-14-26-4-2)22-12-11-16-5-9-18(10-6-16)27-15-19(25)24-17-7-8-17;/h5-6,9-10,17H,3-4,7-8,11-15H2,1-2H3,(H,24,25)(H2,21,22,23);1H. The second-order valence-corrected chi connectivity index (χ2v) is 6.41. The number of halogens is 1. The first-order chi connectivity index (χ1) is 13.2. The first-order valence-electron chi connectivity index (χ1n) is 9.82. The molecule has 7 nitrogen and oxygen atoms in total. The van der Waals surface area contributed by atoms with Crippen molar-refractivity contribution in [1.29, 1.82) is 0 Å². The molecule has 0 saturated heterocycles. The molecule has 1 amide bonds. The summed E-state index contributed by atoms with van der Waals surface area (Å²) in [4.78, 5) is 16.1. The summed E-state index contributed by atoms with van der Waals surface area (Å²) in [5.41, 5.74) is 1.20. The summed E-state index contributed by atoms with van der Waals surface area (Å²) in [6.07, 6.45) is 3.04. The van der Waals surface area contributed by atoms with Crippen molar-refractivity contribution in [2.45, 2.75) is 39.2 Å². The molecule has 2 rings (SSSR count). The lowest BCUT2D eigenvalue weighted by molar-refractivity contribution is -0.123. The van der Waals surface area contributed by atoms with Gasteiger partial charge < -0.3 is 25.4 Å². The van der Waals surface area contributed by atoms with Crippen LogP contribution in [0.25, 0.3) is 0 Å². The smallest absolute Gasteiger partial charge is 0.258 e. The minimum atomic E-state index is -0.0506. The van der Waals surface area contributed by atoms with E-state index in [1.54, 1.807) is 0 Å². The van der Waals surface area contributed by atoms with Gasteiger partial charge in [0.2, 0.25) is 0 Å². The van der Waals surface area contributed by atoms with E-state index in [4.69, 9.17) is 9.47 Å². The number of hydrogen-bond donors (Lipinski definition) is 3. The lowest BCUT2D eigenvalue weighted by atomic mass is 10.1. The van der Waals surface area contributed by atoms with Crippen molar-refractivity contribution in [3.8, 4) is 5.75 Å². The molecule has 28 heavy (non-hydrogen) atoms. The molecule has 0 spiro atoms. The van der Waals surface area contributed by atoms with Crippen LogP contribution < -0.4 is 20.7 Å². The maximum absolute atomic E-state index is 11.6. The summed E-state index contributed by atoms with van der Waals surface area (Å²) < 4.78 is 10.8. The van der Waals surface area contributed by atoms with Gasteiger partial charge in [0.15, 0.2) is 12.6 Å². The second kappa shape index (κ2) is 14.4. The molecular formula is C20H33IN4O3. The first-order valence-corrected chi connectivity index (χ1v) is 9.82. The average molecular weight is 504 g/mol. The average Bonchev–Trinajstić information content (AvgIpc) is 3.48. The molecular weight excluding hydrogens is 471 g/mol. The molecule has 0 unspecified atom stereocenters. The molecule has 1 saturated carbocycles. The SMILES string of the molecule is CCNC(=NCCOCC)NCCc1ccc(OCC(=O)NC2CC2)cc1.I. The Morgan fingerprint density at radius 2 is 1.93 bits per heavy atom. The minimum absolute atomic E-state index is 0. The molecule has 0 bridgehead atoms. The van der Waals surface area contributed by atoms with E-state index < -0.39 is 0 Å². The molecule has 0 radical (unpaired) electrons. The summed E-state index contributed by atoms with van der Waals surface area (Å²) in [6, 6.07) is 8.22. The normalized spacial score (nSPS) is 13.4. The van der Waals surface area contributed by atoms with Gasteiger partial charge in [0.05, 0.1) is 13.2 Å². The monoisotopic (exact) mass is 504 g/mol. The van der Waals surface area contributed by atoms with Gasteiger partial charge in [-0.25, -0.2) is 0 Å². The van der Waals surface area contributed by atoms with E-state index in [2.05, 4.69) is 20.9 Å². The van der Waals surface area contributed by atoms with E-state index >= 15 is 0 Å². The maximum Gasteiger partial charge on any atom is 0.258 e. The van der Waals surface area contributed by atoms with Crippen molar-refractivity contribution in [2.24, 2.45) is 4.99 Å². The van der Waals surface area contributed by atoms with Gasteiger partial charge in [0.25, 0.3) is 5.91 Å². The summed E-state index contributed by atoms with van der Waals surface area (Å²) in [5, 5.41) is 9.46. The van der Waals surface area contributed by atoms with Crippen LogP contribution in [0.3, 0.4) is 0 Å². The Hall–Kier alpha value is -1.55. The zero-order chi connectivity index (χ0) is 19.3. The number of nitrogens with one attached hydrogen (secondary N) is 3. The number of nitrogens with zero attached hydrogens (tertiary/aromatic N) is 1. The van der Waals surface area contributed by atoms with E-state index in [9.17, 15) is 4.79 Å². The Bertz CT molecular complexity index is 592. The Morgan fingerprint density at radius 3 is 2.57 bits per heavy atom. The Morgan fingerprint density at radius 1 is 1.18 bits per heavy atom. The van der Waals surface area contributed by atoms with Crippen LogP contribution >= 0.6 is 24.0 Å². The summed E-state index contributed by atoms with van der Waals surface area (Å²) in [7, 11) is 0. The van der Waals surface area contributed by atoms with E-state index in [1.165, 1.54) is 5.56 Å². The molecule has 0 aromatic heterocycles. The van der Waals surface area contributed by atoms with Crippen molar-refractivity contribution < 1.29 is 14.3 Å². The number of amides is 1. The lowest BCUT2D eigenvalue weighted by Crippen LogP contribution is -2.38. The van der Waals surface area contributed by atoms with Crippen LogP contribution in [0.2, 0.25) is 0 Å². The highest BCUT2D eigenvalue weighted by Crippen LogP contribution is 2.18. The predicted octanol–water partition coefficient (Wildman–Crippen LogP) is 2.10. The molecule has 0 heterocycles. The van der Waals surface area contributed by atoms with Crippen LogP contribution in [-0.2, 0) is 16.0 Å². The van der Waals surface area contributed by atoms with E-state index in [1.807, 2.05) is 38.1 Å². The van der Waals surface area contributed by atoms with Crippen molar-refractivity contribution in [3.63, 3.8) is 0 Å². The fourth-order valence-electron chi connectivity index (χ4n) is 2.43. The van der Waals surface area contributed by atoms with Gasteiger partial charge in [0.1, 0.15) is 5.75 Å². The predicted molar refractivity (Wildman–Crippen MR) is 123 cm³/mol. The summed E-state index contributed by atoms with van der Waals surface area (Å²) >= 11 is 0. The third-order valence-corrected chi connectivity index (χ3v) is 4.00. The second-order valence-electron chi connectivity index (χ2n) is 6.41. The van der Waals surface area contributed by atoms with Gasteiger partial charge in [-0.2, -0.15) is 0 Å². The molecule has 1 aliphatic carbocycles. The number of hydrogen-bond acceptors (Lipinski definition) is 4. The van der Waals surface area contributed by atoms with Gasteiger partial charge >= 0.3 is 0 Å². The van der Waals surface area contributed by atoms with Crippen molar-refractivity contribution in [2.75, 3.05) is 39.5 Å². The third-order valence-electron chi connectivity index (χ3n) is 4.00. The molecule has 1 aliphatic rings. The molecule has 0 aliphatic heterocycles. The van der Waals surface area contributed by atoms with Gasteiger partial charge in [-0.3, -0.25) is 9.79 Å². The van der Waals surface area contributed by atoms with Crippen molar-refractivity contribution in [1.82, 2.24) is 16.0 Å². The summed E-state index contributed by atoms with van der Waals surface area (Å²) in [6.45, 7) is 7.68. The highest BCUT2D eigenvalue weighted by Gasteiger charge is 2.23. The third kappa shape index (κ3) is 10.7. The van der Waals surface area contributed by atoms with Crippen LogP contribution in [0.4, 0.5) is 0 Å². The number of aliphatic imine (C=N–C) groups is 1. The largest absolute Gasteiger partial charge is 0.484 e. The Kier molecular flexibility index (Phi) is 12.6. The molecule has 1 aromatic rings. The lowest BCUT2D eigenvalue weighted by Gasteiger charge is -2.12. The zero-order valence-corrected chi connectivity index (χ0v) is 19.2. The van der Waals surface area contributed by atoms with Crippen molar-refractivity contribution >= 4 is 35.8 Å². The quantitative estimate of drug-likeness (QED) is 0.176.